The summed E-state index contributed by atoms with van der Waals surface area (Å²) in [6.07, 6.45) is 4.06. The second-order valence-corrected chi connectivity index (χ2v) is 4.58. The van der Waals surface area contributed by atoms with Crippen molar-refractivity contribution in [3.63, 3.8) is 0 Å². The molecule has 2 unspecified atom stereocenters. The molecule has 0 spiro atoms. The van der Waals surface area contributed by atoms with Crippen molar-refractivity contribution in [2.45, 2.75) is 45.2 Å². The fourth-order valence-corrected chi connectivity index (χ4v) is 2.76. The lowest BCUT2D eigenvalue weighted by molar-refractivity contribution is 0.259. The van der Waals surface area contributed by atoms with E-state index in [9.17, 15) is 0 Å². The minimum absolute atomic E-state index is 0.725. The Labute approximate surface area is 78.1 Å². The Balaban J connectivity index is 2.30. The Morgan fingerprint density at radius 3 is 2.27 bits per heavy atom. The first-order valence-electron chi connectivity index (χ1n) is 4.54. The summed E-state index contributed by atoms with van der Waals surface area (Å²) in [6.45, 7) is 4.58. The van der Waals surface area contributed by atoms with Gasteiger partial charge in [-0.05, 0) is 39.0 Å². The van der Waals surface area contributed by atoms with Crippen LogP contribution in [0.1, 0.15) is 33.1 Å². The van der Waals surface area contributed by atoms with Gasteiger partial charge in [-0.15, -0.1) is 0 Å². The van der Waals surface area contributed by atoms with Gasteiger partial charge in [0.05, 0.1) is 0 Å². The average Bonchev–Trinajstić information content (AvgIpc) is 1.85. The van der Waals surface area contributed by atoms with E-state index in [2.05, 4.69) is 35.1 Å². The molecule has 1 fully saturated rings. The van der Waals surface area contributed by atoms with Crippen molar-refractivity contribution in [3.05, 3.63) is 0 Å². The van der Waals surface area contributed by atoms with E-state index >= 15 is 0 Å². The first kappa shape index (κ1) is 9.53. The molecule has 0 aliphatic carbocycles. The molecule has 1 nitrogen and oxygen atoms in total. The quantitative estimate of drug-likeness (QED) is 0.705. The minimum atomic E-state index is 0.725. The number of hydrogen-bond donors (Lipinski definition) is 1. The van der Waals surface area contributed by atoms with E-state index in [0.29, 0.717) is 0 Å². The van der Waals surface area contributed by atoms with Crippen molar-refractivity contribution in [3.8, 4) is 0 Å². The van der Waals surface area contributed by atoms with Gasteiger partial charge in [0.1, 0.15) is 0 Å². The van der Waals surface area contributed by atoms with Gasteiger partial charge in [0.2, 0.25) is 0 Å². The summed E-state index contributed by atoms with van der Waals surface area (Å²) in [5.41, 5.74) is 0. The Kier molecular flexibility index (Phi) is 3.86. The molecule has 2 heteroatoms. The summed E-state index contributed by atoms with van der Waals surface area (Å²) in [6, 6.07) is 1.45. The molecule has 1 rings (SSSR count). The zero-order chi connectivity index (χ0) is 8.27. The van der Waals surface area contributed by atoms with Crippen molar-refractivity contribution in [2.75, 3.05) is 5.33 Å². The third-order valence-corrected chi connectivity index (χ3v) is 2.92. The number of rotatable bonds is 2. The van der Waals surface area contributed by atoms with Gasteiger partial charge in [-0.2, -0.15) is 0 Å². The molecule has 1 N–H and O–H groups in total. The van der Waals surface area contributed by atoms with E-state index in [-0.39, 0.29) is 0 Å². The van der Waals surface area contributed by atoms with E-state index < -0.39 is 0 Å². The van der Waals surface area contributed by atoms with Crippen LogP contribution in [0.4, 0.5) is 0 Å². The third-order valence-electron chi connectivity index (χ3n) is 2.46. The van der Waals surface area contributed by atoms with Crippen LogP contribution in [-0.2, 0) is 0 Å². The minimum Gasteiger partial charge on any atom is -0.312 e. The molecule has 0 aromatic carbocycles. The highest BCUT2D eigenvalue weighted by atomic mass is 79.9. The standard InChI is InChI=1S/C9H18BrN/c1-7-5-9(3-4-10)6-8(2)11-7/h7-9,11H,3-6H2,1-2H3. The molecule has 1 aliphatic heterocycles. The fraction of sp³-hybridized carbons (Fsp3) is 1.00. The summed E-state index contributed by atoms with van der Waals surface area (Å²) < 4.78 is 0. The van der Waals surface area contributed by atoms with E-state index in [1.165, 1.54) is 19.3 Å². The second-order valence-electron chi connectivity index (χ2n) is 3.78. The zero-order valence-electron chi connectivity index (χ0n) is 7.44. The summed E-state index contributed by atoms with van der Waals surface area (Å²) in [5, 5.41) is 4.72. The van der Waals surface area contributed by atoms with Crippen LogP contribution >= 0.6 is 15.9 Å². The molecule has 2 atom stereocenters. The monoisotopic (exact) mass is 219 g/mol. The summed E-state index contributed by atoms with van der Waals surface area (Å²) in [5.74, 6) is 0.945. The summed E-state index contributed by atoms with van der Waals surface area (Å²) in [4.78, 5) is 0. The molecule has 0 amide bonds. The molecular weight excluding hydrogens is 202 g/mol. The maximum atomic E-state index is 3.55. The lowest BCUT2D eigenvalue weighted by atomic mass is 9.87. The van der Waals surface area contributed by atoms with Crippen LogP contribution < -0.4 is 5.32 Å². The number of piperidine rings is 1. The van der Waals surface area contributed by atoms with Crippen molar-refractivity contribution < 1.29 is 0 Å². The Hall–Kier alpha value is 0.440. The highest BCUT2D eigenvalue weighted by Crippen LogP contribution is 2.23. The smallest absolute Gasteiger partial charge is 0.00438 e. The van der Waals surface area contributed by atoms with Crippen LogP contribution in [0.2, 0.25) is 0 Å². The highest BCUT2D eigenvalue weighted by molar-refractivity contribution is 9.09. The van der Waals surface area contributed by atoms with Crippen molar-refractivity contribution in [1.29, 1.82) is 0 Å². The van der Waals surface area contributed by atoms with Gasteiger partial charge in [-0.25, -0.2) is 0 Å². The van der Waals surface area contributed by atoms with Gasteiger partial charge < -0.3 is 5.32 Å². The van der Waals surface area contributed by atoms with Gasteiger partial charge in [0.25, 0.3) is 0 Å². The van der Waals surface area contributed by atoms with Crippen LogP contribution in [-0.4, -0.2) is 17.4 Å². The van der Waals surface area contributed by atoms with Crippen LogP contribution in [0.3, 0.4) is 0 Å². The first-order chi connectivity index (χ1) is 5.22. The molecular formula is C9H18BrN. The Morgan fingerprint density at radius 1 is 1.27 bits per heavy atom. The molecule has 0 aromatic heterocycles. The molecule has 0 aromatic rings. The first-order valence-corrected chi connectivity index (χ1v) is 5.66. The lowest BCUT2D eigenvalue weighted by Crippen LogP contribution is -2.42. The molecule has 1 aliphatic rings. The SMILES string of the molecule is CC1CC(CCBr)CC(C)N1. The van der Waals surface area contributed by atoms with E-state index in [0.717, 1.165) is 23.3 Å². The van der Waals surface area contributed by atoms with E-state index in [4.69, 9.17) is 0 Å². The molecule has 0 radical (unpaired) electrons. The van der Waals surface area contributed by atoms with Gasteiger partial charge in [-0.3, -0.25) is 0 Å². The molecule has 1 saturated heterocycles. The van der Waals surface area contributed by atoms with E-state index in [1.54, 1.807) is 0 Å². The summed E-state index contributed by atoms with van der Waals surface area (Å²) in [7, 11) is 0. The molecule has 0 saturated carbocycles. The van der Waals surface area contributed by atoms with E-state index in [1.807, 2.05) is 0 Å². The Bertz CT molecular complexity index is 106. The summed E-state index contributed by atoms with van der Waals surface area (Å²) >= 11 is 3.50. The number of hydrogen-bond acceptors (Lipinski definition) is 1. The van der Waals surface area contributed by atoms with Crippen molar-refractivity contribution in [1.82, 2.24) is 5.32 Å². The Morgan fingerprint density at radius 2 is 1.82 bits per heavy atom. The number of alkyl halides is 1. The fourth-order valence-electron chi connectivity index (χ4n) is 2.11. The lowest BCUT2D eigenvalue weighted by Gasteiger charge is -2.32. The van der Waals surface area contributed by atoms with Gasteiger partial charge in [-0.1, -0.05) is 15.9 Å². The van der Waals surface area contributed by atoms with Crippen LogP contribution in [0.5, 0.6) is 0 Å². The maximum absolute atomic E-state index is 3.55. The molecule has 1 heterocycles. The molecule has 0 bridgehead atoms. The van der Waals surface area contributed by atoms with Crippen molar-refractivity contribution >= 4 is 15.9 Å². The second kappa shape index (κ2) is 4.46. The van der Waals surface area contributed by atoms with Gasteiger partial charge in [0, 0.05) is 17.4 Å². The predicted octanol–water partition coefficient (Wildman–Crippen LogP) is 2.55. The van der Waals surface area contributed by atoms with Gasteiger partial charge in [0.15, 0.2) is 0 Å². The van der Waals surface area contributed by atoms with Crippen LogP contribution in [0.15, 0.2) is 0 Å². The molecule has 66 valence electrons. The highest BCUT2D eigenvalue weighted by Gasteiger charge is 2.21. The van der Waals surface area contributed by atoms with Crippen molar-refractivity contribution in [2.24, 2.45) is 5.92 Å². The zero-order valence-corrected chi connectivity index (χ0v) is 9.02. The topological polar surface area (TPSA) is 12.0 Å². The largest absolute Gasteiger partial charge is 0.312 e. The van der Waals surface area contributed by atoms with Crippen LogP contribution in [0.25, 0.3) is 0 Å². The normalized spacial score (nSPS) is 39.0. The van der Waals surface area contributed by atoms with Gasteiger partial charge >= 0.3 is 0 Å². The maximum Gasteiger partial charge on any atom is 0.00438 e. The third kappa shape index (κ3) is 3.12. The van der Waals surface area contributed by atoms with Crippen LogP contribution in [0, 0.1) is 5.92 Å². The number of halogens is 1. The average molecular weight is 220 g/mol. The number of nitrogens with one attached hydrogen (secondary N) is 1. The molecule has 11 heavy (non-hydrogen) atoms. The predicted molar refractivity (Wildman–Crippen MR) is 53.2 cm³/mol.